The van der Waals surface area contributed by atoms with Gasteiger partial charge < -0.3 is 23.7 Å². The van der Waals surface area contributed by atoms with Gasteiger partial charge in [-0.2, -0.15) is 0 Å². The number of likely N-dealkylation sites (tertiary alicyclic amines) is 1. The number of rotatable bonds is 8. The minimum absolute atomic E-state index is 0.279. The summed E-state index contributed by atoms with van der Waals surface area (Å²) in [6, 6.07) is 8.38. The monoisotopic (exact) mass is 495 g/mol. The zero-order chi connectivity index (χ0) is 26.2. The molecule has 0 spiro atoms. The van der Waals surface area contributed by atoms with Crippen LogP contribution < -0.4 is 23.7 Å². The van der Waals surface area contributed by atoms with Gasteiger partial charge in [0.15, 0.2) is 23.0 Å². The SMILES string of the molecule is COc1cc(/C=C/C(=O)N2CCC/C(=C/c3cc(OC)c(OC)c(OC)c3)C2=O)ccc1OC(C)=O. The second-order valence-corrected chi connectivity index (χ2v) is 7.86. The lowest BCUT2D eigenvalue weighted by molar-refractivity contribution is -0.140. The number of amides is 2. The Morgan fingerprint density at radius 2 is 1.50 bits per heavy atom. The molecule has 9 heteroatoms. The quantitative estimate of drug-likeness (QED) is 0.309. The lowest BCUT2D eigenvalue weighted by atomic mass is 10.00. The molecule has 0 atom stereocenters. The van der Waals surface area contributed by atoms with Gasteiger partial charge in [0.05, 0.1) is 28.4 Å². The van der Waals surface area contributed by atoms with Gasteiger partial charge >= 0.3 is 5.97 Å². The minimum atomic E-state index is -0.467. The number of methoxy groups -OCH3 is 4. The van der Waals surface area contributed by atoms with Gasteiger partial charge in [0, 0.05) is 25.1 Å². The molecule has 2 aromatic carbocycles. The van der Waals surface area contributed by atoms with E-state index >= 15 is 0 Å². The van der Waals surface area contributed by atoms with Crippen LogP contribution in [0.2, 0.25) is 0 Å². The number of piperidine rings is 1. The van der Waals surface area contributed by atoms with Crippen LogP contribution in [0.25, 0.3) is 12.2 Å². The van der Waals surface area contributed by atoms with Crippen LogP contribution in [-0.4, -0.2) is 57.7 Å². The molecule has 2 aromatic rings. The number of carbonyl (C=O) groups excluding carboxylic acids is 3. The smallest absolute Gasteiger partial charge is 0.308 e. The highest BCUT2D eigenvalue weighted by molar-refractivity contribution is 6.11. The maximum Gasteiger partial charge on any atom is 0.308 e. The van der Waals surface area contributed by atoms with Crippen molar-refractivity contribution in [3.05, 3.63) is 53.1 Å². The van der Waals surface area contributed by atoms with Crippen molar-refractivity contribution in [3.63, 3.8) is 0 Å². The normalized spacial score (nSPS) is 14.6. The topological polar surface area (TPSA) is 101 Å². The number of hydrogen-bond donors (Lipinski definition) is 0. The summed E-state index contributed by atoms with van der Waals surface area (Å²) >= 11 is 0. The summed E-state index contributed by atoms with van der Waals surface area (Å²) in [5.41, 5.74) is 1.84. The van der Waals surface area contributed by atoms with Crippen molar-refractivity contribution < 1.29 is 38.1 Å². The van der Waals surface area contributed by atoms with Gasteiger partial charge in [-0.3, -0.25) is 19.3 Å². The van der Waals surface area contributed by atoms with Crippen molar-refractivity contribution in [2.45, 2.75) is 19.8 Å². The fourth-order valence-corrected chi connectivity index (χ4v) is 3.82. The Kier molecular flexibility index (Phi) is 8.72. The Balaban J connectivity index is 1.80. The van der Waals surface area contributed by atoms with Crippen LogP contribution in [0.15, 0.2) is 42.0 Å². The molecule has 36 heavy (non-hydrogen) atoms. The molecule has 0 aliphatic carbocycles. The predicted octanol–water partition coefficient (Wildman–Crippen LogP) is 3.89. The standard InChI is InChI=1S/C27H29NO8/c1-17(29)36-21-10-8-18(14-22(21)32-2)9-11-25(30)28-12-6-7-20(27(28)31)13-19-15-23(33-3)26(35-5)24(16-19)34-4/h8-11,13-16H,6-7,12H2,1-5H3/b11-9+,20-13-. The maximum absolute atomic E-state index is 13.1. The summed E-state index contributed by atoms with van der Waals surface area (Å²) in [5.74, 6) is 0.773. The van der Waals surface area contributed by atoms with Crippen LogP contribution >= 0.6 is 0 Å². The van der Waals surface area contributed by atoms with Crippen LogP contribution in [0, 0.1) is 0 Å². The van der Waals surface area contributed by atoms with Crippen LogP contribution in [0.5, 0.6) is 28.7 Å². The van der Waals surface area contributed by atoms with Crippen LogP contribution in [-0.2, 0) is 14.4 Å². The van der Waals surface area contributed by atoms with E-state index in [9.17, 15) is 14.4 Å². The summed E-state index contributed by atoms with van der Waals surface area (Å²) < 4.78 is 26.5. The van der Waals surface area contributed by atoms with Gasteiger partial charge in [-0.05, 0) is 60.4 Å². The number of benzene rings is 2. The average Bonchev–Trinajstić information content (AvgIpc) is 2.88. The molecule has 1 aliphatic heterocycles. The molecule has 3 rings (SSSR count). The van der Waals surface area contributed by atoms with Crippen LogP contribution in [0.3, 0.4) is 0 Å². The first kappa shape index (κ1) is 26.3. The Hall–Kier alpha value is -4.27. The molecule has 1 fully saturated rings. The first-order valence-corrected chi connectivity index (χ1v) is 11.2. The fourth-order valence-electron chi connectivity index (χ4n) is 3.82. The molecule has 0 N–H and O–H groups in total. The van der Waals surface area contributed by atoms with E-state index in [-0.39, 0.29) is 11.7 Å². The van der Waals surface area contributed by atoms with Crippen molar-refractivity contribution in [3.8, 4) is 28.7 Å². The summed E-state index contributed by atoms with van der Waals surface area (Å²) in [6.45, 7) is 1.62. The summed E-state index contributed by atoms with van der Waals surface area (Å²) in [7, 11) is 6.01. The second-order valence-electron chi connectivity index (χ2n) is 7.86. The van der Waals surface area contributed by atoms with Crippen LogP contribution in [0.4, 0.5) is 0 Å². The average molecular weight is 496 g/mol. The van der Waals surface area contributed by atoms with E-state index in [1.807, 2.05) is 0 Å². The second kappa shape index (κ2) is 11.9. The molecular formula is C27H29NO8. The van der Waals surface area contributed by atoms with E-state index in [0.29, 0.717) is 59.1 Å². The summed E-state index contributed by atoms with van der Waals surface area (Å²) in [4.78, 5) is 38.4. The van der Waals surface area contributed by atoms with E-state index in [1.54, 1.807) is 42.5 Å². The molecule has 9 nitrogen and oxygen atoms in total. The van der Waals surface area contributed by atoms with Crippen molar-refractivity contribution in [1.82, 2.24) is 4.90 Å². The van der Waals surface area contributed by atoms with E-state index < -0.39 is 11.9 Å². The van der Waals surface area contributed by atoms with E-state index in [2.05, 4.69) is 0 Å². The first-order valence-electron chi connectivity index (χ1n) is 11.2. The van der Waals surface area contributed by atoms with E-state index in [1.165, 1.54) is 46.3 Å². The molecule has 2 amide bonds. The highest BCUT2D eigenvalue weighted by Crippen LogP contribution is 2.39. The van der Waals surface area contributed by atoms with Crippen LogP contribution in [0.1, 0.15) is 30.9 Å². The number of imide groups is 1. The largest absolute Gasteiger partial charge is 0.493 e. The summed E-state index contributed by atoms with van der Waals surface area (Å²) in [6.07, 6.45) is 5.83. The third-order valence-corrected chi connectivity index (χ3v) is 5.50. The van der Waals surface area contributed by atoms with Crippen molar-refractivity contribution in [2.24, 2.45) is 0 Å². The highest BCUT2D eigenvalue weighted by atomic mass is 16.6. The maximum atomic E-state index is 13.1. The van der Waals surface area contributed by atoms with Gasteiger partial charge in [0.25, 0.3) is 11.8 Å². The molecule has 0 saturated carbocycles. The third-order valence-electron chi connectivity index (χ3n) is 5.50. The number of nitrogens with zero attached hydrogens (tertiary/aromatic N) is 1. The lowest BCUT2D eigenvalue weighted by Gasteiger charge is -2.26. The Morgan fingerprint density at radius 1 is 0.861 bits per heavy atom. The molecule has 1 heterocycles. The molecule has 0 bridgehead atoms. The van der Waals surface area contributed by atoms with Gasteiger partial charge in [-0.1, -0.05) is 6.07 Å². The van der Waals surface area contributed by atoms with Gasteiger partial charge in [0.1, 0.15) is 0 Å². The van der Waals surface area contributed by atoms with Crippen molar-refractivity contribution in [2.75, 3.05) is 35.0 Å². The molecule has 0 aromatic heterocycles. The molecule has 0 radical (unpaired) electrons. The minimum Gasteiger partial charge on any atom is -0.493 e. The molecule has 190 valence electrons. The van der Waals surface area contributed by atoms with Gasteiger partial charge in [-0.15, -0.1) is 0 Å². The predicted molar refractivity (Wildman–Crippen MR) is 133 cm³/mol. The Bertz CT molecular complexity index is 1190. The fraction of sp³-hybridized carbons (Fsp3) is 0.296. The molecule has 1 aliphatic rings. The van der Waals surface area contributed by atoms with Gasteiger partial charge in [0.2, 0.25) is 5.75 Å². The summed E-state index contributed by atoms with van der Waals surface area (Å²) in [5, 5.41) is 0. The number of hydrogen-bond acceptors (Lipinski definition) is 8. The lowest BCUT2D eigenvalue weighted by Crippen LogP contribution is -2.40. The number of ether oxygens (including phenoxy) is 5. The molecular weight excluding hydrogens is 466 g/mol. The van der Waals surface area contributed by atoms with E-state index in [4.69, 9.17) is 23.7 Å². The van der Waals surface area contributed by atoms with Gasteiger partial charge in [-0.25, -0.2) is 0 Å². The molecule has 1 saturated heterocycles. The highest BCUT2D eigenvalue weighted by Gasteiger charge is 2.27. The van der Waals surface area contributed by atoms with E-state index in [0.717, 1.165) is 0 Å². The zero-order valence-corrected chi connectivity index (χ0v) is 21.0. The van der Waals surface area contributed by atoms with Crippen molar-refractivity contribution in [1.29, 1.82) is 0 Å². The number of esters is 1. The van der Waals surface area contributed by atoms with Crippen molar-refractivity contribution >= 4 is 29.9 Å². The number of carbonyl (C=O) groups is 3. The third kappa shape index (κ3) is 6.04. The zero-order valence-electron chi connectivity index (χ0n) is 21.0. The first-order chi connectivity index (χ1) is 17.3. The Labute approximate surface area is 209 Å². The Morgan fingerprint density at radius 3 is 2.08 bits per heavy atom. The molecule has 0 unspecified atom stereocenters.